The Hall–Kier alpha value is -3.23. The van der Waals surface area contributed by atoms with Crippen molar-refractivity contribution in [1.82, 2.24) is 9.66 Å². The maximum absolute atomic E-state index is 14.1. The maximum atomic E-state index is 14.1. The van der Waals surface area contributed by atoms with E-state index in [0.717, 1.165) is 30.2 Å². The van der Waals surface area contributed by atoms with Crippen LogP contribution in [0.1, 0.15) is 61.9 Å². The summed E-state index contributed by atoms with van der Waals surface area (Å²) in [6.07, 6.45) is 6.91. The van der Waals surface area contributed by atoms with Crippen molar-refractivity contribution in [2.24, 2.45) is 5.10 Å². The van der Waals surface area contributed by atoms with Crippen molar-refractivity contribution in [2.45, 2.75) is 51.6 Å². The Labute approximate surface area is 239 Å². The Bertz CT molecular complexity index is 1580. The van der Waals surface area contributed by atoms with Gasteiger partial charge in [-0.05, 0) is 61.7 Å². The number of hydrogen-bond acceptors (Lipinski definition) is 5. The molecule has 0 unspecified atom stereocenters. The van der Waals surface area contributed by atoms with E-state index in [0.29, 0.717) is 51.0 Å². The third kappa shape index (κ3) is 6.17. The average Bonchev–Trinajstić information content (AvgIpc) is 2.94. The van der Waals surface area contributed by atoms with Gasteiger partial charge < -0.3 is 9.47 Å². The molecule has 5 rings (SSSR count). The topological polar surface area (TPSA) is 65.7 Å². The fourth-order valence-corrected chi connectivity index (χ4v) is 5.49. The normalized spacial score (nSPS) is 14.3. The molecule has 0 spiro atoms. The molecule has 0 radical (unpaired) electrons. The van der Waals surface area contributed by atoms with Gasteiger partial charge in [0.05, 0.1) is 28.7 Å². The highest BCUT2D eigenvalue weighted by molar-refractivity contribution is 9.10. The van der Waals surface area contributed by atoms with Crippen LogP contribution in [0.3, 0.4) is 0 Å². The molecule has 0 N–H and O–H groups in total. The molecule has 9 heteroatoms. The van der Waals surface area contributed by atoms with Gasteiger partial charge in [-0.3, -0.25) is 4.79 Å². The molecule has 1 heterocycles. The van der Waals surface area contributed by atoms with Crippen LogP contribution < -0.4 is 15.0 Å². The van der Waals surface area contributed by atoms with Gasteiger partial charge in [-0.2, -0.15) is 9.78 Å². The standard InChI is InChI=1S/C30H28BrClFN3O3/c1-2-38-27-15-19(14-24(32)28(27)39-18-21-10-6-7-11-25(21)33)17-34-36-29(20-8-4-3-5-9-20)35-26-13-12-22(31)16-23(26)30(36)37/h6-7,10-17,20H,2-5,8-9,18H2,1H3. The SMILES string of the molecule is CCOc1cc(C=Nn2c(C3CCCCC3)nc3ccc(Br)cc3c2=O)cc(Cl)c1OCc1ccccc1F. The zero-order valence-electron chi connectivity index (χ0n) is 21.5. The van der Waals surface area contributed by atoms with Gasteiger partial charge in [-0.25, -0.2) is 9.37 Å². The maximum Gasteiger partial charge on any atom is 0.282 e. The predicted octanol–water partition coefficient (Wildman–Crippen LogP) is 7.86. The van der Waals surface area contributed by atoms with Gasteiger partial charge in [0.2, 0.25) is 0 Å². The summed E-state index contributed by atoms with van der Waals surface area (Å²) in [5, 5.41) is 5.39. The molecule has 0 saturated heterocycles. The summed E-state index contributed by atoms with van der Waals surface area (Å²) < 4.78 is 28.0. The number of benzene rings is 3. The summed E-state index contributed by atoms with van der Waals surface area (Å²) in [7, 11) is 0. The van der Waals surface area contributed by atoms with E-state index in [2.05, 4.69) is 21.0 Å². The molecule has 0 aliphatic heterocycles. The van der Waals surface area contributed by atoms with E-state index < -0.39 is 0 Å². The fraction of sp³-hybridized carbons (Fsp3) is 0.300. The van der Waals surface area contributed by atoms with Crippen LogP contribution in [0, 0.1) is 5.82 Å². The van der Waals surface area contributed by atoms with Gasteiger partial charge in [0.15, 0.2) is 11.5 Å². The highest BCUT2D eigenvalue weighted by Gasteiger charge is 2.23. The summed E-state index contributed by atoms with van der Waals surface area (Å²) in [6, 6.07) is 15.3. The Kier molecular flexibility index (Phi) is 8.63. The molecule has 1 fully saturated rings. The predicted molar refractivity (Wildman–Crippen MR) is 156 cm³/mol. The Morgan fingerprint density at radius 3 is 2.69 bits per heavy atom. The van der Waals surface area contributed by atoms with E-state index >= 15 is 0 Å². The van der Waals surface area contributed by atoms with Crippen LogP contribution in [0.2, 0.25) is 5.02 Å². The first-order chi connectivity index (χ1) is 18.9. The molecule has 0 bridgehead atoms. The molecular formula is C30H28BrClFN3O3. The molecule has 6 nitrogen and oxygen atoms in total. The summed E-state index contributed by atoms with van der Waals surface area (Å²) >= 11 is 10.0. The lowest BCUT2D eigenvalue weighted by Gasteiger charge is -2.22. The summed E-state index contributed by atoms with van der Waals surface area (Å²) in [5.41, 5.74) is 1.47. The van der Waals surface area contributed by atoms with Gasteiger partial charge in [-0.15, -0.1) is 0 Å². The van der Waals surface area contributed by atoms with Gasteiger partial charge in [-0.1, -0.05) is 65.0 Å². The Balaban J connectivity index is 1.51. The molecular weight excluding hydrogens is 585 g/mol. The van der Waals surface area contributed by atoms with Crippen molar-refractivity contribution in [3.8, 4) is 11.5 Å². The first-order valence-electron chi connectivity index (χ1n) is 13.0. The minimum absolute atomic E-state index is 0.00162. The van der Waals surface area contributed by atoms with Crippen molar-refractivity contribution < 1.29 is 13.9 Å². The second kappa shape index (κ2) is 12.3. The lowest BCUT2D eigenvalue weighted by atomic mass is 9.88. The van der Waals surface area contributed by atoms with E-state index in [4.69, 9.17) is 26.1 Å². The van der Waals surface area contributed by atoms with Crippen LogP contribution in [0.15, 0.2) is 69.0 Å². The number of rotatable bonds is 8. The van der Waals surface area contributed by atoms with Crippen molar-refractivity contribution in [3.05, 3.63) is 97.2 Å². The lowest BCUT2D eigenvalue weighted by Crippen LogP contribution is -2.25. The number of fused-ring (bicyclic) bond motifs is 1. The minimum Gasteiger partial charge on any atom is -0.490 e. The van der Waals surface area contributed by atoms with E-state index in [-0.39, 0.29) is 23.9 Å². The molecule has 0 atom stereocenters. The molecule has 1 saturated carbocycles. The molecule has 39 heavy (non-hydrogen) atoms. The average molecular weight is 613 g/mol. The zero-order valence-corrected chi connectivity index (χ0v) is 23.8. The third-order valence-electron chi connectivity index (χ3n) is 6.79. The Morgan fingerprint density at radius 2 is 1.92 bits per heavy atom. The smallest absolute Gasteiger partial charge is 0.282 e. The van der Waals surface area contributed by atoms with Crippen LogP contribution in [-0.2, 0) is 6.61 Å². The second-order valence-corrected chi connectivity index (χ2v) is 10.8. The first-order valence-corrected chi connectivity index (χ1v) is 14.2. The van der Waals surface area contributed by atoms with Gasteiger partial charge >= 0.3 is 0 Å². The van der Waals surface area contributed by atoms with Crippen LogP contribution in [0.25, 0.3) is 10.9 Å². The molecule has 3 aromatic carbocycles. The van der Waals surface area contributed by atoms with Crippen LogP contribution in [-0.4, -0.2) is 22.5 Å². The molecule has 0 amide bonds. The van der Waals surface area contributed by atoms with Gasteiger partial charge in [0, 0.05) is 16.0 Å². The highest BCUT2D eigenvalue weighted by atomic mass is 79.9. The van der Waals surface area contributed by atoms with E-state index in [1.807, 2.05) is 19.1 Å². The molecule has 1 aliphatic carbocycles. The monoisotopic (exact) mass is 611 g/mol. The van der Waals surface area contributed by atoms with Crippen LogP contribution >= 0.6 is 27.5 Å². The summed E-state index contributed by atoms with van der Waals surface area (Å²) in [6.45, 7) is 2.23. The van der Waals surface area contributed by atoms with Gasteiger partial charge in [0.1, 0.15) is 18.2 Å². The van der Waals surface area contributed by atoms with Crippen molar-refractivity contribution in [1.29, 1.82) is 0 Å². The molecule has 1 aromatic heterocycles. The Morgan fingerprint density at radius 1 is 1.13 bits per heavy atom. The number of ether oxygens (including phenoxy) is 2. The lowest BCUT2D eigenvalue weighted by molar-refractivity contribution is 0.266. The van der Waals surface area contributed by atoms with Crippen molar-refractivity contribution in [3.63, 3.8) is 0 Å². The minimum atomic E-state index is -0.356. The number of nitrogens with zero attached hydrogens (tertiary/aromatic N) is 3. The summed E-state index contributed by atoms with van der Waals surface area (Å²) in [4.78, 5) is 18.5. The van der Waals surface area contributed by atoms with E-state index in [1.54, 1.807) is 42.6 Å². The van der Waals surface area contributed by atoms with Gasteiger partial charge in [0.25, 0.3) is 5.56 Å². The molecule has 1 aliphatic rings. The van der Waals surface area contributed by atoms with Crippen molar-refractivity contribution in [2.75, 3.05) is 6.61 Å². The first kappa shape index (κ1) is 27.3. The zero-order chi connectivity index (χ0) is 27.4. The number of halogens is 3. The molecule has 202 valence electrons. The quantitative estimate of drug-likeness (QED) is 0.190. The highest BCUT2D eigenvalue weighted by Crippen LogP contribution is 2.37. The van der Waals surface area contributed by atoms with E-state index in [1.165, 1.54) is 17.2 Å². The van der Waals surface area contributed by atoms with Crippen LogP contribution in [0.5, 0.6) is 11.5 Å². The third-order valence-corrected chi connectivity index (χ3v) is 7.56. The van der Waals surface area contributed by atoms with E-state index in [9.17, 15) is 9.18 Å². The van der Waals surface area contributed by atoms with Crippen molar-refractivity contribution >= 4 is 44.6 Å². The fourth-order valence-electron chi connectivity index (χ4n) is 4.86. The number of hydrogen-bond donors (Lipinski definition) is 0. The second-order valence-electron chi connectivity index (χ2n) is 9.47. The summed E-state index contributed by atoms with van der Waals surface area (Å²) in [5.74, 6) is 1.20. The number of aromatic nitrogens is 2. The van der Waals surface area contributed by atoms with Crippen LogP contribution in [0.4, 0.5) is 4.39 Å². The largest absolute Gasteiger partial charge is 0.490 e. The molecule has 4 aromatic rings.